The second-order valence-corrected chi connectivity index (χ2v) is 3.34. The summed E-state index contributed by atoms with van der Waals surface area (Å²) < 4.78 is 0. The van der Waals surface area contributed by atoms with E-state index >= 15 is 0 Å². The van der Waals surface area contributed by atoms with Crippen molar-refractivity contribution >= 4 is 30.9 Å². The zero-order valence-electron chi connectivity index (χ0n) is 8.43. The molecule has 0 bridgehead atoms. The molecule has 0 aliphatic carbocycles. The normalized spacial score (nSPS) is 19.6. The molecule has 1 N–H and O–H groups in total. The van der Waals surface area contributed by atoms with Gasteiger partial charge >= 0.3 is 0 Å². The Balaban J connectivity index is 0.000000980. The number of nitrogens with zero attached hydrogens (tertiary/aromatic N) is 1. The van der Waals surface area contributed by atoms with E-state index in [0.29, 0.717) is 6.04 Å². The second-order valence-electron chi connectivity index (χ2n) is 3.34. The van der Waals surface area contributed by atoms with Crippen LogP contribution in [-0.4, -0.2) is 17.6 Å². The molecule has 1 aliphatic rings. The molecule has 1 aromatic heterocycles. The van der Waals surface area contributed by atoms with Gasteiger partial charge in [-0.05, 0) is 37.1 Å². The van der Waals surface area contributed by atoms with Gasteiger partial charge in [0.2, 0.25) is 0 Å². The zero-order valence-corrected chi connectivity index (χ0v) is 10.1. The van der Waals surface area contributed by atoms with Crippen molar-refractivity contribution in [1.82, 2.24) is 10.3 Å². The lowest BCUT2D eigenvalue weighted by Gasteiger charge is -2.01. The quantitative estimate of drug-likeness (QED) is 0.869. The van der Waals surface area contributed by atoms with Crippen LogP contribution in [0.4, 0.5) is 0 Å². The highest BCUT2D eigenvalue weighted by molar-refractivity contribution is 5.85. The fraction of sp³-hybridized carbons (Fsp3) is 0.364. The summed E-state index contributed by atoms with van der Waals surface area (Å²) in [6.45, 7) is 1.16. The van der Waals surface area contributed by atoms with Crippen molar-refractivity contribution in [2.24, 2.45) is 0 Å². The summed E-state index contributed by atoms with van der Waals surface area (Å²) in [5.74, 6) is 0. The minimum Gasteiger partial charge on any atom is -0.311 e. The first-order chi connectivity index (χ1) is 6.45. The SMILES string of the molecule is C(=C\C1CCCN1)/c1ccncc1.Cl.Cl. The minimum absolute atomic E-state index is 0. The Kier molecular flexibility index (Phi) is 7.39. The summed E-state index contributed by atoms with van der Waals surface area (Å²) in [7, 11) is 0. The van der Waals surface area contributed by atoms with E-state index in [0.717, 1.165) is 6.54 Å². The third kappa shape index (κ3) is 4.65. The summed E-state index contributed by atoms with van der Waals surface area (Å²) in [4.78, 5) is 3.98. The Morgan fingerprint density at radius 3 is 2.60 bits per heavy atom. The molecule has 2 heterocycles. The average Bonchev–Trinajstić information content (AvgIpc) is 2.69. The summed E-state index contributed by atoms with van der Waals surface area (Å²) in [5, 5.41) is 3.42. The Morgan fingerprint density at radius 2 is 2.00 bits per heavy atom. The molecule has 1 fully saturated rings. The van der Waals surface area contributed by atoms with Crippen LogP contribution in [0.3, 0.4) is 0 Å². The highest BCUT2D eigenvalue weighted by Gasteiger charge is 2.09. The van der Waals surface area contributed by atoms with Crippen LogP contribution in [0, 0.1) is 0 Å². The van der Waals surface area contributed by atoms with Crippen LogP contribution in [0.5, 0.6) is 0 Å². The van der Waals surface area contributed by atoms with E-state index in [1.165, 1.54) is 18.4 Å². The maximum absolute atomic E-state index is 3.98. The van der Waals surface area contributed by atoms with E-state index in [1.54, 1.807) is 0 Å². The van der Waals surface area contributed by atoms with Gasteiger partial charge in [-0.15, -0.1) is 24.8 Å². The predicted molar refractivity (Wildman–Crippen MR) is 68.8 cm³/mol. The van der Waals surface area contributed by atoms with Crippen molar-refractivity contribution < 1.29 is 0 Å². The first kappa shape index (κ1) is 14.4. The van der Waals surface area contributed by atoms with Crippen molar-refractivity contribution in [2.75, 3.05) is 6.54 Å². The van der Waals surface area contributed by atoms with Crippen molar-refractivity contribution in [3.63, 3.8) is 0 Å². The number of halogens is 2. The third-order valence-corrected chi connectivity index (χ3v) is 2.33. The smallest absolute Gasteiger partial charge is 0.0273 e. The molecule has 15 heavy (non-hydrogen) atoms. The number of aromatic nitrogens is 1. The van der Waals surface area contributed by atoms with E-state index in [9.17, 15) is 0 Å². The van der Waals surface area contributed by atoms with Gasteiger partial charge in [0, 0.05) is 18.4 Å². The summed E-state index contributed by atoms with van der Waals surface area (Å²) in [6, 6.07) is 4.62. The first-order valence-electron chi connectivity index (χ1n) is 4.77. The van der Waals surface area contributed by atoms with Crippen LogP contribution in [0.25, 0.3) is 6.08 Å². The van der Waals surface area contributed by atoms with E-state index in [1.807, 2.05) is 24.5 Å². The lowest BCUT2D eigenvalue weighted by molar-refractivity contribution is 0.730. The van der Waals surface area contributed by atoms with Gasteiger partial charge in [0.05, 0.1) is 0 Å². The molecular formula is C11H16Cl2N2. The number of nitrogens with one attached hydrogen (secondary N) is 1. The molecule has 2 rings (SSSR count). The highest BCUT2D eigenvalue weighted by Crippen LogP contribution is 2.08. The van der Waals surface area contributed by atoms with Gasteiger partial charge in [-0.25, -0.2) is 0 Å². The van der Waals surface area contributed by atoms with E-state index in [4.69, 9.17) is 0 Å². The maximum Gasteiger partial charge on any atom is 0.0273 e. The Bertz CT molecular complexity index is 282. The molecule has 1 unspecified atom stereocenters. The molecule has 0 aromatic carbocycles. The van der Waals surface area contributed by atoms with Crippen LogP contribution >= 0.6 is 24.8 Å². The van der Waals surface area contributed by atoms with Gasteiger partial charge in [0.1, 0.15) is 0 Å². The van der Waals surface area contributed by atoms with Crippen molar-refractivity contribution in [3.8, 4) is 0 Å². The first-order valence-corrected chi connectivity index (χ1v) is 4.77. The van der Waals surface area contributed by atoms with Crippen LogP contribution in [-0.2, 0) is 0 Å². The second kappa shape index (κ2) is 7.69. The van der Waals surface area contributed by atoms with E-state index in [2.05, 4.69) is 22.5 Å². The lowest BCUT2D eigenvalue weighted by Crippen LogP contribution is -2.17. The van der Waals surface area contributed by atoms with Crippen molar-refractivity contribution in [1.29, 1.82) is 0 Å². The van der Waals surface area contributed by atoms with Gasteiger partial charge < -0.3 is 5.32 Å². The molecule has 1 atom stereocenters. The van der Waals surface area contributed by atoms with Gasteiger partial charge in [0.15, 0.2) is 0 Å². The van der Waals surface area contributed by atoms with Gasteiger partial charge in [-0.1, -0.05) is 12.2 Å². The topological polar surface area (TPSA) is 24.9 Å². The largest absolute Gasteiger partial charge is 0.311 e. The summed E-state index contributed by atoms with van der Waals surface area (Å²) in [5.41, 5.74) is 1.23. The molecule has 1 aromatic rings. The number of hydrogen-bond donors (Lipinski definition) is 1. The Hall–Kier alpha value is -0.570. The molecule has 4 heteroatoms. The molecule has 0 radical (unpaired) electrons. The molecule has 2 nitrogen and oxygen atoms in total. The van der Waals surface area contributed by atoms with Gasteiger partial charge in [-0.3, -0.25) is 4.98 Å². The van der Waals surface area contributed by atoms with E-state index in [-0.39, 0.29) is 24.8 Å². The lowest BCUT2D eigenvalue weighted by atomic mass is 10.2. The molecule has 84 valence electrons. The average molecular weight is 247 g/mol. The van der Waals surface area contributed by atoms with Crippen LogP contribution in [0.1, 0.15) is 18.4 Å². The maximum atomic E-state index is 3.98. The molecule has 0 amide bonds. The van der Waals surface area contributed by atoms with Crippen molar-refractivity contribution in [3.05, 3.63) is 36.2 Å². The fourth-order valence-corrected chi connectivity index (χ4v) is 1.58. The number of hydrogen-bond acceptors (Lipinski definition) is 2. The molecule has 1 aliphatic heterocycles. The van der Waals surface area contributed by atoms with Crippen LogP contribution < -0.4 is 5.32 Å². The van der Waals surface area contributed by atoms with Gasteiger partial charge in [-0.2, -0.15) is 0 Å². The third-order valence-electron chi connectivity index (χ3n) is 2.33. The fourth-order valence-electron chi connectivity index (χ4n) is 1.58. The van der Waals surface area contributed by atoms with E-state index < -0.39 is 0 Å². The molecule has 1 saturated heterocycles. The number of pyridine rings is 1. The monoisotopic (exact) mass is 246 g/mol. The summed E-state index contributed by atoms with van der Waals surface area (Å²) >= 11 is 0. The predicted octanol–water partition coefficient (Wildman–Crippen LogP) is 2.69. The summed E-state index contributed by atoms with van der Waals surface area (Å²) in [6.07, 6.45) is 10.6. The minimum atomic E-state index is 0. The van der Waals surface area contributed by atoms with Crippen molar-refractivity contribution in [2.45, 2.75) is 18.9 Å². The van der Waals surface area contributed by atoms with Gasteiger partial charge in [0.25, 0.3) is 0 Å². The highest BCUT2D eigenvalue weighted by atomic mass is 35.5. The molecule has 0 spiro atoms. The molecular weight excluding hydrogens is 231 g/mol. The Labute approximate surface area is 103 Å². The van der Waals surface area contributed by atoms with Crippen LogP contribution in [0.15, 0.2) is 30.6 Å². The Morgan fingerprint density at radius 1 is 1.27 bits per heavy atom. The zero-order chi connectivity index (χ0) is 8.93. The van der Waals surface area contributed by atoms with Crippen LogP contribution in [0.2, 0.25) is 0 Å². The standard InChI is InChI=1S/C11H14N2.2ClH/c1-2-11(13-7-1)4-3-10-5-8-12-9-6-10;;/h3-6,8-9,11,13H,1-2,7H2;2*1H/b4-3+;;. The molecule has 0 saturated carbocycles. The number of rotatable bonds is 2.